The van der Waals surface area contributed by atoms with Crippen LogP contribution in [0.5, 0.6) is 0 Å². The van der Waals surface area contributed by atoms with Gasteiger partial charge in [-0.05, 0) is 179 Å². The number of aryl methyl sites for hydroxylation is 9. The minimum atomic E-state index is -1.73. The van der Waals surface area contributed by atoms with E-state index in [1.807, 2.05) is 0 Å². The number of hydrogen-bond acceptors (Lipinski definition) is 24. The number of para-hydroxylation sites is 8. The Hall–Kier alpha value is -17.1. The minimum absolute atomic E-state index is 0.00613. The van der Waals surface area contributed by atoms with E-state index < -0.39 is 137 Å². The van der Waals surface area contributed by atoms with Crippen LogP contribution in [0.3, 0.4) is 0 Å². The molecule has 0 fully saturated rings. The normalized spacial score (nSPS) is 10.8. The van der Waals surface area contributed by atoms with E-state index in [-0.39, 0.29) is 84.2 Å². The lowest BCUT2D eigenvalue weighted by Gasteiger charge is -2.23. The average Bonchev–Trinajstić information content (AvgIpc) is 0.729. The Morgan fingerprint density at radius 3 is 0.581 bits per heavy atom. The predicted molar refractivity (Wildman–Crippen MR) is 423 cm³/mol. The number of nitrogens with zero attached hydrogens (tertiary/aromatic N) is 18. The van der Waals surface area contributed by atoms with E-state index in [2.05, 4.69) is 30.0 Å². The summed E-state index contributed by atoms with van der Waals surface area (Å²) in [4.78, 5) is 286. The van der Waals surface area contributed by atoms with Crippen molar-refractivity contribution >= 4 is 70.6 Å². The predicted octanol–water partition coefficient (Wildman–Crippen LogP) is 6.08. The summed E-state index contributed by atoms with van der Waals surface area (Å²) >= 11 is 0. The van der Waals surface area contributed by atoms with Gasteiger partial charge in [0.15, 0.2) is 0 Å². The second kappa shape index (κ2) is 31.0. The summed E-state index contributed by atoms with van der Waals surface area (Å²) in [5.74, 6) is 0. The third-order valence-corrected chi connectivity index (χ3v) is 19.3. The zero-order chi connectivity index (χ0) is 84.0. The van der Waals surface area contributed by atoms with Gasteiger partial charge >= 0.3 is 68.3 Å². The molecule has 0 amide bonds. The zero-order valence-corrected chi connectivity index (χ0v) is 62.5. The van der Waals surface area contributed by atoms with Crippen molar-refractivity contribution in [3.05, 3.63) is 340 Å². The van der Waals surface area contributed by atoms with E-state index in [1.54, 1.807) is 0 Å². The van der Waals surface area contributed by atoms with Crippen molar-refractivity contribution in [1.82, 2.24) is 54.8 Å². The van der Waals surface area contributed by atoms with Gasteiger partial charge in [0.2, 0.25) is 36.5 Å². The molecule has 36 heteroatoms. The highest BCUT2D eigenvalue weighted by Gasteiger charge is 2.34. The molecule has 0 aliphatic heterocycles. The first-order chi connectivity index (χ1) is 56.1. The van der Waals surface area contributed by atoms with Crippen LogP contribution in [-0.4, -0.2) is 91.3 Å². The van der Waals surface area contributed by atoms with E-state index in [1.165, 1.54) is 232 Å². The highest BCUT2D eigenvalue weighted by Crippen LogP contribution is 2.33. The standard InChI is InChI=1S/C81H54N18O18/c1-43-18-10-26-53(82-37-100)62(43)92-70(106)88(71(107)93(78(92)114)63-44(2)19-11-27-54(63)83-38-101)52-34-35-59(51(9)36-52)89-72(108)94(64-45(3)20-12-28-55(64)84-39-102)80(116)98(73(89)109)68-49(7)24-17-33-61(68)91-76(112)97(67-48(6)23-15-31-58(67)87-42-105)81(117)99(77(91)113)69-50(8)25-16-32-60(69)90-74(110)95(65-46(4)21-13-29-56(65)85-40-103)79(115)96(75(90)111)66-47(5)22-14-30-57(66)86-41-104/h10-36H,1-9H3. The average molecular weight is 1570 g/mol. The fraction of sp³-hybridized carbons (Fsp3) is 0.111. The molecule has 0 atom stereocenters. The van der Waals surface area contributed by atoms with E-state index in [0.29, 0.717) is 54.8 Å². The first-order valence-electron chi connectivity index (χ1n) is 34.6. The van der Waals surface area contributed by atoms with Crippen LogP contribution in [0.25, 0.3) is 68.2 Å². The van der Waals surface area contributed by atoms with Gasteiger partial charge in [-0.3, -0.25) is 0 Å². The van der Waals surface area contributed by atoms with Crippen molar-refractivity contribution in [1.29, 1.82) is 0 Å². The molecule has 0 saturated carbocycles. The Kier molecular flexibility index (Phi) is 20.7. The summed E-state index contributed by atoms with van der Waals surface area (Å²) in [6.45, 7) is 12.4. The smallest absolute Gasteiger partial charge is 0.246 e. The number of benzene rings is 9. The van der Waals surface area contributed by atoms with Gasteiger partial charge in [0, 0.05) is 0 Å². The second-order valence-electron chi connectivity index (χ2n) is 26.1. The van der Waals surface area contributed by atoms with Crippen molar-refractivity contribution in [3.8, 4) is 68.2 Å². The summed E-state index contributed by atoms with van der Waals surface area (Å²) < 4.78 is 4.93. The monoisotopic (exact) mass is 1570 g/mol. The van der Waals surface area contributed by atoms with Gasteiger partial charge in [-0.25, -0.2) is 141 Å². The lowest BCUT2D eigenvalue weighted by Crippen LogP contribution is -2.56. The summed E-state index contributed by atoms with van der Waals surface area (Å²) in [6.07, 6.45) is 8.28. The molecule has 13 rings (SSSR count). The molecule has 0 aliphatic rings. The van der Waals surface area contributed by atoms with Gasteiger partial charge in [0.25, 0.3) is 0 Å². The van der Waals surface area contributed by atoms with E-state index in [9.17, 15) is 28.8 Å². The maximum absolute atomic E-state index is 16.7. The van der Waals surface area contributed by atoms with Crippen LogP contribution >= 0.6 is 0 Å². The Bertz CT molecular complexity index is 7530. The minimum Gasteiger partial charge on any atom is -0.246 e. The molecule has 0 bridgehead atoms. The molecular formula is C81H54N18O18. The van der Waals surface area contributed by atoms with Gasteiger partial charge < -0.3 is 0 Å². The van der Waals surface area contributed by atoms with Gasteiger partial charge in [-0.1, -0.05) is 97.1 Å². The van der Waals surface area contributed by atoms with Crippen molar-refractivity contribution in [2.75, 3.05) is 0 Å². The summed E-state index contributed by atoms with van der Waals surface area (Å²) in [7, 11) is 0. The third kappa shape index (κ3) is 12.7. The van der Waals surface area contributed by atoms with Crippen LogP contribution in [0.2, 0.25) is 0 Å². The maximum Gasteiger partial charge on any atom is 0.345 e. The lowest BCUT2D eigenvalue weighted by molar-refractivity contribution is 0.564. The largest absolute Gasteiger partial charge is 0.345 e. The van der Waals surface area contributed by atoms with Crippen LogP contribution in [0.1, 0.15) is 50.1 Å². The van der Waals surface area contributed by atoms with Crippen molar-refractivity contribution in [2.24, 2.45) is 30.0 Å². The molecule has 576 valence electrons. The molecule has 0 spiro atoms. The van der Waals surface area contributed by atoms with Crippen LogP contribution < -0.4 is 68.3 Å². The molecular weight excluding hydrogens is 1510 g/mol. The van der Waals surface area contributed by atoms with Crippen LogP contribution in [-0.2, 0) is 28.8 Å². The highest BCUT2D eigenvalue weighted by molar-refractivity contribution is 5.72. The van der Waals surface area contributed by atoms with Crippen molar-refractivity contribution in [3.63, 3.8) is 0 Å². The van der Waals surface area contributed by atoms with Gasteiger partial charge in [-0.2, -0.15) is 30.0 Å². The molecule has 4 aromatic heterocycles. The number of aromatic nitrogens is 12. The van der Waals surface area contributed by atoms with E-state index in [0.717, 1.165) is 30.3 Å². The molecule has 0 saturated heterocycles. The molecule has 36 nitrogen and oxygen atoms in total. The Balaban J connectivity index is 1.17. The van der Waals surface area contributed by atoms with Crippen LogP contribution in [0.15, 0.2) is 251 Å². The summed E-state index contributed by atoms with van der Waals surface area (Å²) in [5, 5.41) is 0. The lowest BCUT2D eigenvalue weighted by atomic mass is 10.1. The fourth-order valence-corrected chi connectivity index (χ4v) is 14.3. The SMILES string of the molecule is Cc1cc(-n2c(=O)n(-c3c(C)cccc3N=C=O)c(=O)n(-c3c(C)cccc3N=C=O)c2=O)ccc1-n1c(=O)n(-c2c(C)cccc2N=C=O)c(=O)n(-c2c(C)cccc2-n2c(=O)n(-c3c(C)cccc3N=C=O)c(=O)n(-c3c(C)cccc3-n3c(=O)n(-c4c(C)cccc4N=C=O)c(=O)n(-c4c(C)cccc4N=C=O)c3=O)c2=O)c1=O. The first-order valence-corrected chi connectivity index (χ1v) is 34.6. The fourth-order valence-electron chi connectivity index (χ4n) is 14.3. The molecule has 117 heavy (non-hydrogen) atoms. The second-order valence-corrected chi connectivity index (χ2v) is 26.1. The zero-order valence-electron chi connectivity index (χ0n) is 62.5. The molecule has 13 aromatic rings. The first kappa shape index (κ1) is 78.0. The third-order valence-electron chi connectivity index (χ3n) is 19.3. The molecule has 9 aromatic carbocycles. The molecule has 4 heterocycles. The van der Waals surface area contributed by atoms with Gasteiger partial charge in [0.05, 0.1) is 68.2 Å². The summed E-state index contributed by atoms with van der Waals surface area (Å²) in [6, 6.07) is 34.9. The number of aliphatic imine (C=N–C) groups is 6. The number of hydrogen-bond donors (Lipinski definition) is 0. The topological polar surface area (TPSA) is 441 Å². The van der Waals surface area contributed by atoms with Gasteiger partial charge in [-0.15, -0.1) is 0 Å². The maximum atomic E-state index is 16.7. The molecule has 0 radical (unpaired) electrons. The molecule has 0 unspecified atom stereocenters. The highest BCUT2D eigenvalue weighted by atomic mass is 16.2. The molecule has 0 N–H and O–H groups in total. The van der Waals surface area contributed by atoms with Gasteiger partial charge in [0.1, 0.15) is 34.1 Å². The Morgan fingerprint density at radius 1 is 0.188 bits per heavy atom. The summed E-state index contributed by atoms with van der Waals surface area (Å²) in [5.41, 5.74) is -26.8. The Labute approximate surface area is 651 Å². The number of rotatable bonds is 18. The number of carbonyl (C=O) groups excluding carboxylic acids is 6. The van der Waals surface area contributed by atoms with Crippen molar-refractivity contribution in [2.45, 2.75) is 62.3 Å². The quantitative estimate of drug-likeness (QED) is 0.0694. The Morgan fingerprint density at radius 2 is 0.368 bits per heavy atom. The number of isocyanates is 6. The van der Waals surface area contributed by atoms with E-state index >= 15 is 57.5 Å². The van der Waals surface area contributed by atoms with Crippen LogP contribution in [0, 0.1) is 62.3 Å². The van der Waals surface area contributed by atoms with E-state index in [4.69, 9.17) is 0 Å². The van der Waals surface area contributed by atoms with Crippen LogP contribution in [0.4, 0.5) is 34.1 Å². The molecule has 0 aliphatic carbocycles. The van der Waals surface area contributed by atoms with Crippen molar-refractivity contribution < 1.29 is 28.8 Å².